The lowest BCUT2D eigenvalue weighted by molar-refractivity contribution is -0.137. The van der Waals surface area contributed by atoms with Crippen LogP contribution in [0.15, 0.2) is 28.6 Å². The minimum absolute atomic E-state index is 0.133. The van der Waals surface area contributed by atoms with Crippen LogP contribution in [0.1, 0.15) is 6.92 Å². The molecular formula is C15H17N3O5S2. The number of nitrogens with zero attached hydrogens (tertiary/aromatic N) is 2. The van der Waals surface area contributed by atoms with E-state index in [0.717, 1.165) is 0 Å². The van der Waals surface area contributed by atoms with Crippen LogP contribution >= 0.6 is 23.1 Å². The summed E-state index contributed by atoms with van der Waals surface area (Å²) in [4.78, 5) is 23.3. The molecule has 0 aliphatic rings. The van der Waals surface area contributed by atoms with Crippen LogP contribution < -0.4 is 14.8 Å². The number of aromatic nitrogens is 2. The number of carbonyl (C=O) groups is 2. The van der Waals surface area contributed by atoms with E-state index in [1.54, 1.807) is 38.3 Å². The second-order valence-electron chi connectivity index (χ2n) is 4.67. The van der Waals surface area contributed by atoms with E-state index in [4.69, 9.17) is 9.47 Å². The number of hydrogen-bond acceptors (Lipinski definition) is 9. The van der Waals surface area contributed by atoms with Crippen LogP contribution in [0.5, 0.6) is 11.5 Å². The number of benzene rings is 1. The summed E-state index contributed by atoms with van der Waals surface area (Å²) in [5.74, 6) is 0.582. The molecule has 2 aromatic rings. The zero-order valence-electron chi connectivity index (χ0n) is 13.8. The van der Waals surface area contributed by atoms with Gasteiger partial charge in [0.05, 0.1) is 20.0 Å². The van der Waals surface area contributed by atoms with Crippen LogP contribution in [-0.2, 0) is 14.3 Å². The van der Waals surface area contributed by atoms with Crippen LogP contribution in [0.3, 0.4) is 0 Å². The average molecular weight is 383 g/mol. The second kappa shape index (κ2) is 9.23. The van der Waals surface area contributed by atoms with Crippen molar-refractivity contribution in [2.24, 2.45) is 0 Å². The summed E-state index contributed by atoms with van der Waals surface area (Å²) in [5, 5.41) is 10.7. The molecule has 2 rings (SSSR count). The predicted octanol–water partition coefficient (Wildman–Crippen LogP) is 2.22. The number of thioether (sulfide) groups is 1. The van der Waals surface area contributed by atoms with Gasteiger partial charge < -0.3 is 14.2 Å². The maximum Gasteiger partial charge on any atom is 0.316 e. The number of methoxy groups -OCH3 is 2. The van der Waals surface area contributed by atoms with Gasteiger partial charge in [-0.1, -0.05) is 29.2 Å². The lowest BCUT2D eigenvalue weighted by Gasteiger charge is -2.14. The molecule has 0 spiro atoms. The van der Waals surface area contributed by atoms with Crippen molar-refractivity contribution in [2.45, 2.75) is 17.4 Å². The fourth-order valence-corrected chi connectivity index (χ4v) is 3.22. The molecule has 1 amide bonds. The maximum absolute atomic E-state index is 12.2. The average Bonchev–Trinajstić information content (AvgIpc) is 3.07. The highest BCUT2D eigenvalue weighted by Gasteiger charge is 2.17. The van der Waals surface area contributed by atoms with Crippen molar-refractivity contribution in [3.8, 4) is 11.5 Å². The van der Waals surface area contributed by atoms with Crippen molar-refractivity contribution in [3.05, 3.63) is 24.3 Å². The van der Waals surface area contributed by atoms with Crippen molar-refractivity contribution in [2.75, 3.05) is 25.3 Å². The number of rotatable bonds is 8. The third kappa shape index (κ3) is 5.91. The van der Waals surface area contributed by atoms with Crippen molar-refractivity contribution in [1.82, 2.24) is 10.2 Å². The van der Waals surface area contributed by atoms with Gasteiger partial charge in [0.2, 0.25) is 5.13 Å². The van der Waals surface area contributed by atoms with Gasteiger partial charge in [-0.15, -0.1) is 10.2 Å². The largest absolute Gasteiger partial charge is 0.497 e. The van der Waals surface area contributed by atoms with Gasteiger partial charge in [0.1, 0.15) is 11.5 Å². The Kier molecular flexibility index (Phi) is 7.02. The van der Waals surface area contributed by atoms with Gasteiger partial charge in [-0.05, 0) is 19.1 Å². The summed E-state index contributed by atoms with van der Waals surface area (Å²) >= 11 is 2.36. The summed E-state index contributed by atoms with van der Waals surface area (Å²) in [6.45, 7) is 1.63. The second-order valence-corrected chi connectivity index (χ2v) is 6.87. The Hall–Kier alpha value is -2.33. The molecule has 1 unspecified atom stereocenters. The number of esters is 1. The number of hydrogen-bond donors (Lipinski definition) is 1. The molecule has 0 saturated carbocycles. The normalized spacial score (nSPS) is 11.5. The number of nitrogens with one attached hydrogen (secondary N) is 1. The monoisotopic (exact) mass is 383 g/mol. The lowest BCUT2D eigenvalue weighted by atomic mass is 10.3. The van der Waals surface area contributed by atoms with Crippen LogP contribution in [0.4, 0.5) is 5.13 Å². The lowest BCUT2D eigenvalue weighted by Crippen LogP contribution is -2.30. The zero-order valence-corrected chi connectivity index (χ0v) is 15.5. The van der Waals surface area contributed by atoms with E-state index in [9.17, 15) is 9.59 Å². The first kappa shape index (κ1) is 19.0. The fraction of sp³-hybridized carbons (Fsp3) is 0.333. The molecule has 0 saturated heterocycles. The quantitative estimate of drug-likeness (QED) is 0.421. The smallest absolute Gasteiger partial charge is 0.316 e. The zero-order chi connectivity index (χ0) is 18.2. The van der Waals surface area contributed by atoms with Crippen molar-refractivity contribution in [3.63, 3.8) is 0 Å². The molecule has 0 radical (unpaired) electrons. The van der Waals surface area contributed by atoms with Gasteiger partial charge in [0.15, 0.2) is 10.4 Å². The third-order valence-corrected chi connectivity index (χ3v) is 4.85. The van der Waals surface area contributed by atoms with Crippen LogP contribution in [0.2, 0.25) is 0 Å². The molecule has 1 heterocycles. The number of carbonyl (C=O) groups excluding carboxylic acids is 2. The number of ether oxygens (including phenoxy) is 3. The number of amides is 1. The van der Waals surface area contributed by atoms with Crippen LogP contribution in [-0.4, -0.2) is 48.2 Å². The summed E-state index contributed by atoms with van der Waals surface area (Å²) in [5.41, 5.74) is 0. The Bertz CT molecular complexity index is 737. The Morgan fingerprint density at radius 2 is 2.04 bits per heavy atom. The number of anilines is 1. The Morgan fingerprint density at radius 1 is 1.28 bits per heavy atom. The Labute approximate surface area is 152 Å². The molecule has 1 aromatic heterocycles. The predicted molar refractivity (Wildman–Crippen MR) is 94.4 cm³/mol. The van der Waals surface area contributed by atoms with E-state index in [1.807, 2.05) is 0 Å². The molecule has 134 valence electrons. The standard InChI is InChI=1S/C15H17N3O5S2/c1-9(23-11-6-4-5-10(7-11)21-2)13(20)16-14-17-18-15(25-14)24-8-12(19)22-3/h4-7,9H,8H2,1-3H3,(H,16,17,20). The van der Waals surface area contributed by atoms with E-state index in [0.29, 0.717) is 21.0 Å². The maximum atomic E-state index is 12.2. The van der Waals surface area contributed by atoms with Crippen LogP contribution in [0.25, 0.3) is 0 Å². The molecule has 0 fully saturated rings. The van der Waals surface area contributed by atoms with E-state index in [-0.39, 0.29) is 17.6 Å². The minimum atomic E-state index is -0.734. The van der Waals surface area contributed by atoms with Gasteiger partial charge in [0, 0.05) is 6.07 Å². The summed E-state index contributed by atoms with van der Waals surface area (Å²) in [6, 6.07) is 6.98. The van der Waals surface area contributed by atoms with E-state index in [1.165, 1.54) is 30.2 Å². The van der Waals surface area contributed by atoms with Crippen molar-refractivity contribution >= 4 is 40.1 Å². The summed E-state index contributed by atoms with van der Waals surface area (Å²) in [7, 11) is 2.87. The minimum Gasteiger partial charge on any atom is -0.497 e. The van der Waals surface area contributed by atoms with Crippen molar-refractivity contribution < 1.29 is 23.8 Å². The van der Waals surface area contributed by atoms with E-state index >= 15 is 0 Å². The van der Waals surface area contributed by atoms with Crippen LogP contribution in [0, 0.1) is 0 Å². The molecule has 1 atom stereocenters. The molecule has 0 aliphatic carbocycles. The molecule has 1 aromatic carbocycles. The molecule has 0 aliphatic heterocycles. The fourth-order valence-electron chi connectivity index (χ4n) is 1.64. The summed E-state index contributed by atoms with van der Waals surface area (Å²) < 4.78 is 15.8. The SMILES string of the molecule is COC(=O)CSc1nnc(NC(=O)C(C)Oc2cccc(OC)c2)s1. The highest BCUT2D eigenvalue weighted by atomic mass is 32.2. The van der Waals surface area contributed by atoms with Gasteiger partial charge >= 0.3 is 5.97 Å². The third-order valence-electron chi connectivity index (χ3n) is 2.90. The van der Waals surface area contributed by atoms with E-state index in [2.05, 4.69) is 20.3 Å². The van der Waals surface area contributed by atoms with E-state index < -0.39 is 6.10 Å². The van der Waals surface area contributed by atoms with Gasteiger partial charge in [-0.2, -0.15) is 0 Å². The highest BCUT2D eigenvalue weighted by Crippen LogP contribution is 2.26. The molecule has 1 N–H and O–H groups in total. The molecule has 8 nitrogen and oxygen atoms in total. The Balaban J connectivity index is 1.88. The summed E-state index contributed by atoms with van der Waals surface area (Å²) in [6.07, 6.45) is -0.734. The highest BCUT2D eigenvalue weighted by molar-refractivity contribution is 8.01. The first-order chi connectivity index (χ1) is 12.0. The Morgan fingerprint density at radius 3 is 2.76 bits per heavy atom. The molecule has 25 heavy (non-hydrogen) atoms. The first-order valence-electron chi connectivity index (χ1n) is 7.16. The molecule has 0 bridgehead atoms. The first-order valence-corrected chi connectivity index (χ1v) is 8.96. The topological polar surface area (TPSA) is 99.6 Å². The molecular weight excluding hydrogens is 366 g/mol. The molecule has 10 heteroatoms. The van der Waals surface area contributed by atoms with Gasteiger partial charge in [-0.3, -0.25) is 14.9 Å². The van der Waals surface area contributed by atoms with Gasteiger partial charge in [0.25, 0.3) is 5.91 Å². The van der Waals surface area contributed by atoms with Gasteiger partial charge in [-0.25, -0.2) is 0 Å². The van der Waals surface area contributed by atoms with Crippen molar-refractivity contribution in [1.29, 1.82) is 0 Å².